The van der Waals surface area contributed by atoms with Crippen molar-refractivity contribution in [3.8, 4) is 0 Å². The van der Waals surface area contributed by atoms with Gasteiger partial charge in [0.1, 0.15) is 0 Å². The van der Waals surface area contributed by atoms with Crippen LogP contribution in [0.2, 0.25) is 0 Å². The van der Waals surface area contributed by atoms with Gasteiger partial charge in [0.25, 0.3) is 0 Å². The topological polar surface area (TPSA) is 56.7 Å². The number of alkyl halides is 3. The highest BCUT2D eigenvalue weighted by Gasteiger charge is 2.34. The van der Waals surface area contributed by atoms with Crippen molar-refractivity contribution in [3.05, 3.63) is 23.8 Å². The lowest BCUT2D eigenvalue weighted by Crippen LogP contribution is -2.58. The number of amides is 1. The van der Waals surface area contributed by atoms with Gasteiger partial charge in [0.2, 0.25) is 0 Å². The third kappa shape index (κ3) is 3.00. The maximum atomic E-state index is 12.8. The lowest BCUT2D eigenvalue weighted by molar-refractivity contribution is -0.137. The molecule has 9 heteroatoms. The van der Waals surface area contributed by atoms with Gasteiger partial charge >= 0.3 is 12.3 Å². The number of hydrogen-bond acceptors (Lipinski definition) is 4. The Balaban J connectivity index is 1.91. The van der Waals surface area contributed by atoms with E-state index in [1.54, 1.807) is 0 Å². The summed E-state index contributed by atoms with van der Waals surface area (Å²) in [7, 11) is 0. The summed E-state index contributed by atoms with van der Waals surface area (Å²) in [5, 5.41) is 9.81. The number of piperazine rings is 1. The van der Waals surface area contributed by atoms with E-state index >= 15 is 0 Å². The summed E-state index contributed by atoms with van der Waals surface area (Å²) in [6.45, 7) is 4.48. The van der Waals surface area contributed by atoms with Crippen LogP contribution in [0.1, 0.15) is 19.4 Å². The lowest BCUT2D eigenvalue weighted by Gasteiger charge is -2.42. The second-order valence-electron chi connectivity index (χ2n) is 5.96. The number of nitrogens with zero attached hydrogens (tertiary/aromatic N) is 3. The van der Waals surface area contributed by atoms with Gasteiger partial charge in [-0.3, -0.25) is 0 Å². The lowest BCUT2D eigenvalue weighted by atomic mass is 10.1. The van der Waals surface area contributed by atoms with E-state index in [1.807, 2.05) is 18.7 Å². The highest BCUT2D eigenvalue weighted by Crippen LogP contribution is 2.36. The van der Waals surface area contributed by atoms with Crippen LogP contribution in [0.5, 0.6) is 0 Å². The zero-order valence-corrected chi connectivity index (χ0v) is 13.9. The molecule has 1 fully saturated rings. The Kier molecular flexibility index (Phi) is 4.06. The number of thiazole rings is 1. The van der Waals surface area contributed by atoms with Crippen LogP contribution in [-0.4, -0.2) is 46.3 Å². The van der Waals surface area contributed by atoms with E-state index in [-0.39, 0.29) is 12.1 Å². The molecule has 1 aromatic heterocycles. The zero-order valence-electron chi connectivity index (χ0n) is 13.0. The van der Waals surface area contributed by atoms with Crippen molar-refractivity contribution >= 4 is 32.8 Å². The molecular formula is C15H16F3N3O2S. The molecule has 130 valence electrons. The second kappa shape index (κ2) is 5.80. The van der Waals surface area contributed by atoms with Gasteiger partial charge in [-0.2, -0.15) is 13.2 Å². The van der Waals surface area contributed by atoms with Crippen LogP contribution in [0.4, 0.5) is 23.1 Å². The normalized spacial score (nSPS) is 22.2. The van der Waals surface area contributed by atoms with Crippen LogP contribution in [0, 0.1) is 0 Å². The summed E-state index contributed by atoms with van der Waals surface area (Å²) in [5.74, 6) is 0. The fourth-order valence-electron chi connectivity index (χ4n) is 2.87. The molecule has 0 unspecified atom stereocenters. The molecule has 1 aliphatic rings. The molecule has 3 rings (SSSR count). The Morgan fingerprint density at radius 1 is 1.29 bits per heavy atom. The minimum absolute atomic E-state index is 0.0973. The fraction of sp³-hybridized carbons (Fsp3) is 0.467. The number of carbonyl (C=O) groups is 1. The summed E-state index contributed by atoms with van der Waals surface area (Å²) in [6, 6.07) is 3.20. The molecule has 5 nitrogen and oxygen atoms in total. The van der Waals surface area contributed by atoms with Crippen molar-refractivity contribution in [2.24, 2.45) is 0 Å². The molecule has 0 spiro atoms. The van der Waals surface area contributed by atoms with Crippen LogP contribution in [-0.2, 0) is 6.18 Å². The number of halogens is 3. The SMILES string of the molecule is C[C@@H]1CN(c2nc3ccc(C(F)(F)F)cc3s2)[C@@H](C)CN1C(=O)O. The van der Waals surface area contributed by atoms with Gasteiger partial charge in [0.05, 0.1) is 15.8 Å². The molecule has 1 aromatic carbocycles. The number of rotatable bonds is 1. The Labute approximate surface area is 140 Å². The van der Waals surface area contributed by atoms with Crippen LogP contribution in [0.15, 0.2) is 18.2 Å². The fourth-order valence-corrected chi connectivity index (χ4v) is 3.99. The van der Waals surface area contributed by atoms with E-state index in [0.29, 0.717) is 28.4 Å². The van der Waals surface area contributed by atoms with E-state index in [2.05, 4.69) is 4.98 Å². The summed E-state index contributed by atoms with van der Waals surface area (Å²) >= 11 is 1.20. The molecule has 1 aliphatic heterocycles. The quantitative estimate of drug-likeness (QED) is 0.839. The smallest absolute Gasteiger partial charge is 0.416 e. The predicted octanol–water partition coefficient (Wildman–Crippen LogP) is 3.89. The number of aromatic nitrogens is 1. The van der Waals surface area contributed by atoms with Gasteiger partial charge < -0.3 is 14.9 Å². The van der Waals surface area contributed by atoms with Crippen molar-refractivity contribution in [1.29, 1.82) is 0 Å². The van der Waals surface area contributed by atoms with Gasteiger partial charge in [-0.25, -0.2) is 9.78 Å². The summed E-state index contributed by atoms with van der Waals surface area (Å²) in [6.07, 6.45) is -5.35. The number of fused-ring (bicyclic) bond motifs is 1. The summed E-state index contributed by atoms with van der Waals surface area (Å²) in [4.78, 5) is 19.0. The first-order chi connectivity index (χ1) is 11.2. The van der Waals surface area contributed by atoms with Crippen molar-refractivity contribution in [3.63, 3.8) is 0 Å². The molecule has 0 saturated carbocycles. The zero-order chi connectivity index (χ0) is 17.6. The molecular weight excluding hydrogens is 343 g/mol. The maximum absolute atomic E-state index is 12.8. The molecule has 1 saturated heterocycles. The van der Waals surface area contributed by atoms with E-state index in [9.17, 15) is 23.1 Å². The Bertz CT molecular complexity index is 777. The highest BCUT2D eigenvalue weighted by atomic mass is 32.1. The van der Waals surface area contributed by atoms with Crippen molar-refractivity contribution in [1.82, 2.24) is 9.88 Å². The first kappa shape index (κ1) is 16.8. The molecule has 2 heterocycles. The monoisotopic (exact) mass is 359 g/mol. The van der Waals surface area contributed by atoms with E-state index in [1.165, 1.54) is 22.3 Å². The Morgan fingerprint density at radius 2 is 2.00 bits per heavy atom. The molecule has 0 radical (unpaired) electrons. The molecule has 1 amide bonds. The van der Waals surface area contributed by atoms with Gasteiger partial charge in [-0.15, -0.1) is 0 Å². The standard InChI is InChI=1S/C15H16F3N3O2S/c1-8-7-21(14(22)23)9(2)6-20(8)13-19-11-4-3-10(15(16,17)18)5-12(11)24-13/h3-5,8-9H,6-7H2,1-2H3,(H,22,23)/t8-,9+/m0/s1. The third-order valence-electron chi connectivity index (χ3n) is 4.18. The van der Waals surface area contributed by atoms with Gasteiger partial charge in [0, 0.05) is 25.2 Å². The van der Waals surface area contributed by atoms with Gasteiger partial charge in [-0.1, -0.05) is 11.3 Å². The number of hydrogen-bond donors (Lipinski definition) is 1. The molecule has 1 N–H and O–H groups in total. The van der Waals surface area contributed by atoms with Crippen molar-refractivity contribution in [2.45, 2.75) is 32.1 Å². The highest BCUT2D eigenvalue weighted by molar-refractivity contribution is 7.22. The van der Waals surface area contributed by atoms with Crippen LogP contribution < -0.4 is 4.90 Å². The molecule has 2 atom stereocenters. The average molecular weight is 359 g/mol. The van der Waals surface area contributed by atoms with Gasteiger partial charge in [-0.05, 0) is 32.0 Å². The number of benzene rings is 1. The average Bonchev–Trinajstić information content (AvgIpc) is 2.90. The molecule has 24 heavy (non-hydrogen) atoms. The molecule has 2 aromatic rings. The van der Waals surface area contributed by atoms with E-state index < -0.39 is 17.8 Å². The number of carboxylic acid groups (broad SMARTS) is 1. The Morgan fingerprint density at radius 3 is 2.62 bits per heavy atom. The van der Waals surface area contributed by atoms with Crippen molar-refractivity contribution < 1.29 is 23.1 Å². The van der Waals surface area contributed by atoms with E-state index in [4.69, 9.17) is 0 Å². The Hall–Kier alpha value is -2.03. The van der Waals surface area contributed by atoms with Crippen LogP contribution in [0.3, 0.4) is 0 Å². The summed E-state index contributed by atoms with van der Waals surface area (Å²) in [5.41, 5.74) is -0.175. The van der Waals surface area contributed by atoms with Crippen molar-refractivity contribution in [2.75, 3.05) is 18.0 Å². The minimum atomic E-state index is -4.38. The molecule has 0 aliphatic carbocycles. The third-order valence-corrected chi connectivity index (χ3v) is 5.24. The minimum Gasteiger partial charge on any atom is -0.465 e. The first-order valence-corrected chi connectivity index (χ1v) is 8.22. The van der Waals surface area contributed by atoms with Crippen LogP contribution in [0.25, 0.3) is 10.2 Å². The maximum Gasteiger partial charge on any atom is 0.416 e. The summed E-state index contributed by atoms with van der Waals surface area (Å²) < 4.78 is 38.9. The molecule has 0 bridgehead atoms. The largest absolute Gasteiger partial charge is 0.465 e. The van der Waals surface area contributed by atoms with Crippen LogP contribution >= 0.6 is 11.3 Å². The second-order valence-corrected chi connectivity index (χ2v) is 6.97. The number of anilines is 1. The van der Waals surface area contributed by atoms with E-state index in [0.717, 1.165) is 12.1 Å². The van der Waals surface area contributed by atoms with Gasteiger partial charge in [0.15, 0.2) is 5.13 Å². The first-order valence-electron chi connectivity index (χ1n) is 7.41. The predicted molar refractivity (Wildman–Crippen MR) is 85.6 cm³/mol.